The molecule has 0 bridgehead atoms. The number of urea groups is 1. The predicted octanol–water partition coefficient (Wildman–Crippen LogP) is 2.39. The number of carbonyl (C=O) groups excluding carboxylic acids is 1. The van der Waals surface area contributed by atoms with Crippen molar-refractivity contribution in [1.82, 2.24) is 4.48 Å². The highest BCUT2D eigenvalue weighted by Gasteiger charge is 2.51. The maximum Gasteiger partial charge on any atom is 0.419 e. The second-order valence-electron chi connectivity index (χ2n) is 3.35. The number of nitrogens with two attached hydrogens (primary N) is 1. The van der Waals surface area contributed by atoms with Gasteiger partial charge in [-0.2, -0.15) is 4.48 Å². The Balaban J connectivity index is 2.43. The summed E-state index contributed by atoms with van der Waals surface area (Å²) in [5.74, 6) is 0. The first-order valence-corrected chi connectivity index (χ1v) is 4.94. The lowest BCUT2D eigenvalue weighted by Crippen LogP contribution is -2.39. The first-order valence-electron chi connectivity index (χ1n) is 4.19. The number of primary amides is 1. The summed E-state index contributed by atoms with van der Waals surface area (Å²) in [5.41, 5.74) is 6.12. The van der Waals surface area contributed by atoms with E-state index in [9.17, 15) is 4.79 Å². The quantitative estimate of drug-likeness (QED) is 0.586. The molecule has 0 aliphatic carbocycles. The van der Waals surface area contributed by atoms with Gasteiger partial charge in [-0.1, -0.05) is 23.2 Å². The van der Waals surface area contributed by atoms with Crippen LogP contribution >= 0.6 is 23.2 Å². The van der Waals surface area contributed by atoms with Crippen LogP contribution in [0.5, 0.6) is 0 Å². The zero-order valence-electron chi connectivity index (χ0n) is 7.34. The Labute approximate surface area is 91.6 Å². The number of halogens is 2. The lowest BCUT2D eigenvalue weighted by molar-refractivity contribution is 0.238. The van der Waals surface area contributed by atoms with Crippen LogP contribution in [0.15, 0.2) is 18.2 Å². The lowest BCUT2D eigenvalue weighted by atomic mass is 10.3. The van der Waals surface area contributed by atoms with Gasteiger partial charge in [0.05, 0.1) is 10.0 Å². The van der Waals surface area contributed by atoms with Gasteiger partial charge >= 0.3 is 6.03 Å². The van der Waals surface area contributed by atoms with Crippen molar-refractivity contribution in [2.75, 3.05) is 13.1 Å². The first-order chi connectivity index (χ1) is 6.56. The van der Waals surface area contributed by atoms with Crippen LogP contribution in [0.25, 0.3) is 0 Å². The third kappa shape index (κ3) is 1.38. The van der Waals surface area contributed by atoms with E-state index < -0.39 is 0 Å². The molecule has 1 aromatic carbocycles. The van der Waals surface area contributed by atoms with Crippen molar-refractivity contribution in [2.45, 2.75) is 0 Å². The third-order valence-electron chi connectivity index (χ3n) is 2.49. The maximum atomic E-state index is 11.2. The highest BCUT2D eigenvalue weighted by atomic mass is 35.5. The third-order valence-corrected chi connectivity index (χ3v) is 3.23. The molecule has 1 heterocycles. The van der Waals surface area contributed by atoms with Gasteiger partial charge in [-0.25, -0.2) is 4.79 Å². The van der Waals surface area contributed by atoms with Crippen LogP contribution in [-0.4, -0.2) is 19.1 Å². The number of amides is 2. The van der Waals surface area contributed by atoms with Gasteiger partial charge in [-0.3, -0.25) is 0 Å². The van der Waals surface area contributed by atoms with Crippen LogP contribution in [0.1, 0.15) is 0 Å². The number of nitrogens with zero attached hydrogens (tertiary/aromatic N) is 1. The number of hydrogen-bond acceptors (Lipinski definition) is 1. The Hall–Kier alpha value is -0.770. The van der Waals surface area contributed by atoms with Crippen LogP contribution < -0.4 is 10.2 Å². The van der Waals surface area contributed by atoms with Crippen molar-refractivity contribution in [2.24, 2.45) is 5.73 Å². The fraction of sp³-hybridized carbons (Fsp3) is 0.222. The monoisotopic (exact) mass is 231 g/mol. The molecule has 2 rings (SSSR count). The summed E-state index contributed by atoms with van der Waals surface area (Å²) in [5, 5.41) is 0.940. The number of hydrogen-bond donors (Lipinski definition) is 1. The van der Waals surface area contributed by atoms with Crippen molar-refractivity contribution in [1.29, 1.82) is 0 Å². The van der Waals surface area contributed by atoms with E-state index in [1.165, 1.54) is 0 Å². The Kier molecular flexibility index (Phi) is 2.18. The Morgan fingerprint density at radius 2 is 1.93 bits per heavy atom. The van der Waals surface area contributed by atoms with E-state index >= 15 is 0 Å². The van der Waals surface area contributed by atoms with Crippen LogP contribution in [0, 0.1) is 0 Å². The van der Waals surface area contributed by atoms with Gasteiger partial charge < -0.3 is 5.73 Å². The molecule has 2 N–H and O–H groups in total. The number of benzene rings is 1. The smallest absolute Gasteiger partial charge is 0.319 e. The molecule has 1 aromatic rings. The van der Waals surface area contributed by atoms with Crippen molar-refractivity contribution >= 4 is 34.9 Å². The second kappa shape index (κ2) is 3.12. The van der Waals surface area contributed by atoms with Crippen LogP contribution in [0.4, 0.5) is 10.5 Å². The number of carbonyl (C=O) groups is 1. The molecule has 0 spiro atoms. The molecule has 0 atom stereocenters. The molecule has 14 heavy (non-hydrogen) atoms. The normalized spacial score (nSPS) is 17.9. The van der Waals surface area contributed by atoms with E-state index in [0.717, 1.165) is 18.8 Å². The van der Waals surface area contributed by atoms with Crippen molar-refractivity contribution in [3.05, 3.63) is 28.2 Å². The Bertz CT molecular complexity index is 402. The summed E-state index contributed by atoms with van der Waals surface area (Å²) < 4.78 is 0.191. The van der Waals surface area contributed by atoms with Gasteiger partial charge in [0.15, 0.2) is 0 Å². The molecule has 0 aromatic heterocycles. The molecule has 1 aliphatic heterocycles. The molecular formula is C9H9Cl2N2O+. The average Bonchev–Trinajstić information content (AvgIpc) is 2.90. The molecular weight excluding hydrogens is 223 g/mol. The van der Waals surface area contributed by atoms with E-state index in [1.54, 1.807) is 18.2 Å². The summed E-state index contributed by atoms with van der Waals surface area (Å²) in [6.45, 7) is 1.49. The SMILES string of the molecule is NC(=O)[N+]1(c2ccc(Cl)c(Cl)c2)CC1. The van der Waals surface area contributed by atoms with Crippen LogP contribution in [0.3, 0.4) is 0 Å². The summed E-state index contributed by atoms with van der Waals surface area (Å²) in [4.78, 5) is 11.2. The van der Waals surface area contributed by atoms with Gasteiger partial charge in [0, 0.05) is 12.1 Å². The Morgan fingerprint density at radius 3 is 2.36 bits per heavy atom. The fourth-order valence-corrected chi connectivity index (χ4v) is 1.75. The van der Waals surface area contributed by atoms with Gasteiger partial charge in [0.2, 0.25) is 0 Å². The first kappa shape index (κ1) is 9.77. The van der Waals surface area contributed by atoms with Crippen LogP contribution in [0.2, 0.25) is 10.0 Å². The molecule has 5 heteroatoms. The average molecular weight is 232 g/mol. The van der Waals surface area contributed by atoms with Crippen molar-refractivity contribution < 1.29 is 4.79 Å². The number of rotatable bonds is 1. The molecule has 2 amide bonds. The van der Waals surface area contributed by atoms with E-state index in [0.29, 0.717) is 10.0 Å². The molecule has 0 unspecified atom stereocenters. The summed E-state index contributed by atoms with van der Waals surface area (Å²) in [6.07, 6.45) is 0. The largest absolute Gasteiger partial charge is 0.419 e. The van der Waals surface area contributed by atoms with Gasteiger partial charge in [0.25, 0.3) is 0 Å². The maximum absolute atomic E-state index is 11.2. The minimum atomic E-state index is -0.344. The molecule has 3 nitrogen and oxygen atoms in total. The summed E-state index contributed by atoms with van der Waals surface area (Å²) in [7, 11) is 0. The second-order valence-corrected chi connectivity index (χ2v) is 4.17. The van der Waals surface area contributed by atoms with Crippen molar-refractivity contribution in [3.8, 4) is 0 Å². The van der Waals surface area contributed by atoms with Crippen molar-refractivity contribution in [3.63, 3.8) is 0 Å². The van der Waals surface area contributed by atoms with Gasteiger partial charge in [0.1, 0.15) is 18.8 Å². The van der Waals surface area contributed by atoms with E-state index in [-0.39, 0.29) is 10.5 Å². The topological polar surface area (TPSA) is 43.1 Å². The minimum Gasteiger partial charge on any atom is -0.319 e. The predicted molar refractivity (Wildman–Crippen MR) is 57.6 cm³/mol. The number of quaternary nitrogens is 1. The summed E-state index contributed by atoms with van der Waals surface area (Å²) >= 11 is 11.6. The summed E-state index contributed by atoms with van der Waals surface area (Å²) in [6, 6.07) is 4.82. The van der Waals surface area contributed by atoms with Gasteiger partial charge in [-0.15, -0.1) is 0 Å². The highest BCUT2D eigenvalue weighted by Crippen LogP contribution is 2.35. The molecule has 1 fully saturated rings. The molecule has 0 saturated carbocycles. The molecule has 1 aliphatic rings. The standard InChI is InChI=1S/C9H8Cl2N2O/c10-7-2-1-6(5-8(7)11)13(3-4-13)9(12)14/h1-2,5H,3-4H2,(H-,12,14)/p+1. The molecule has 1 saturated heterocycles. The molecule has 74 valence electrons. The Morgan fingerprint density at radius 1 is 1.29 bits per heavy atom. The van der Waals surface area contributed by atoms with Gasteiger partial charge in [-0.05, 0) is 6.07 Å². The highest BCUT2D eigenvalue weighted by molar-refractivity contribution is 6.42. The van der Waals surface area contributed by atoms with Crippen LogP contribution in [-0.2, 0) is 0 Å². The fourth-order valence-electron chi connectivity index (χ4n) is 1.46. The van der Waals surface area contributed by atoms with E-state index in [4.69, 9.17) is 28.9 Å². The lowest BCUT2D eigenvalue weighted by Gasteiger charge is -2.12. The minimum absolute atomic E-state index is 0.191. The van der Waals surface area contributed by atoms with E-state index in [1.807, 2.05) is 0 Å². The molecule has 0 radical (unpaired) electrons. The zero-order valence-corrected chi connectivity index (χ0v) is 8.85. The van der Waals surface area contributed by atoms with E-state index in [2.05, 4.69) is 0 Å². The zero-order chi connectivity index (χ0) is 10.3.